The summed E-state index contributed by atoms with van der Waals surface area (Å²) in [6.45, 7) is 2.51. The van der Waals surface area contributed by atoms with Crippen LogP contribution in [0.2, 0.25) is 5.02 Å². The third kappa shape index (κ3) is 2.85. The number of aromatic nitrogens is 1. The van der Waals surface area contributed by atoms with E-state index < -0.39 is 5.60 Å². The van der Waals surface area contributed by atoms with Crippen LogP contribution >= 0.6 is 11.6 Å². The zero-order valence-electron chi connectivity index (χ0n) is 17.3. The number of benzene rings is 2. The molecule has 0 radical (unpaired) electrons. The number of phenolic OH excluding ortho intramolecular Hbond substituents is 1. The van der Waals surface area contributed by atoms with Gasteiger partial charge in [0.25, 0.3) is 0 Å². The van der Waals surface area contributed by atoms with E-state index in [1.807, 2.05) is 24.3 Å². The van der Waals surface area contributed by atoms with Gasteiger partial charge in [0.2, 0.25) is 0 Å². The minimum Gasteiger partial charge on any atom is -0.508 e. The van der Waals surface area contributed by atoms with Gasteiger partial charge in [-0.05, 0) is 71.8 Å². The van der Waals surface area contributed by atoms with Crippen LogP contribution in [0.4, 0.5) is 0 Å². The highest BCUT2D eigenvalue weighted by molar-refractivity contribution is 6.30. The Morgan fingerprint density at radius 3 is 2.52 bits per heavy atom. The van der Waals surface area contributed by atoms with Crippen LogP contribution in [0.15, 0.2) is 60.9 Å². The van der Waals surface area contributed by atoms with Gasteiger partial charge >= 0.3 is 0 Å². The molecular formula is C26H25ClN2O2. The predicted molar refractivity (Wildman–Crippen MR) is 121 cm³/mol. The van der Waals surface area contributed by atoms with E-state index in [0.29, 0.717) is 24.5 Å². The summed E-state index contributed by atoms with van der Waals surface area (Å²) in [6, 6.07) is 16.0. The van der Waals surface area contributed by atoms with Crippen molar-refractivity contribution in [1.29, 1.82) is 0 Å². The number of piperidine rings is 1. The second-order valence-corrected chi connectivity index (χ2v) is 9.83. The van der Waals surface area contributed by atoms with Gasteiger partial charge in [-0.15, -0.1) is 0 Å². The lowest BCUT2D eigenvalue weighted by atomic mass is 9.74. The molecule has 1 aliphatic heterocycles. The fourth-order valence-electron chi connectivity index (χ4n) is 6.23. The number of hydrogen-bond donors (Lipinski definition) is 2. The third-order valence-electron chi connectivity index (χ3n) is 7.76. The molecular weight excluding hydrogens is 408 g/mol. The maximum Gasteiger partial charge on any atom is 0.115 e. The van der Waals surface area contributed by atoms with Crippen molar-refractivity contribution in [2.24, 2.45) is 0 Å². The Morgan fingerprint density at radius 2 is 1.77 bits per heavy atom. The van der Waals surface area contributed by atoms with E-state index in [-0.39, 0.29) is 5.41 Å². The fourth-order valence-corrected chi connectivity index (χ4v) is 6.41. The van der Waals surface area contributed by atoms with Crippen molar-refractivity contribution >= 4 is 11.6 Å². The zero-order valence-corrected chi connectivity index (χ0v) is 18.0. The molecule has 0 spiro atoms. The van der Waals surface area contributed by atoms with E-state index >= 15 is 0 Å². The van der Waals surface area contributed by atoms with Crippen LogP contribution in [0.3, 0.4) is 0 Å². The molecule has 1 aromatic heterocycles. The van der Waals surface area contributed by atoms with Crippen LogP contribution in [0.25, 0.3) is 0 Å². The first-order valence-corrected chi connectivity index (χ1v) is 11.3. The summed E-state index contributed by atoms with van der Waals surface area (Å²) in [7, 11) is 0. The molecule has 5 heteroatoms. The Bertz CT molecular complexity index is 1100. The topological polar surface area (TPSA) is 56.6 Å². The lowest BCUT2D eigenvalue weighted by Crippen LogP contribution is -2.47. The van der Waals surface area contributed by atoms with Gasteiger partial charge in [0.05, 0.1) is 5.60 Å². The standard InChI is InChI=1S/C26H25ClN2O2/c27-18-3-5-20-22-14-25(23(20)12-18,24-13-19(30)4-6-21(22)24)16-29-10-7-26(31,8-11-29)17-2-1-9-28-15-17/h1-6,9,12-13,15,22,30-31H,7-8,10-11,14,16H2. The average molecular weight is 433 g/mol. The van der Waals surface area contributed by atoms with Gasteiger partial charge in [0.15, 0.2) is 0 Å². The Morgan fingerprint density at radius 1 is 1.03 bits per heavy atom. The van der Waals surface area contributed by atoms with Crippen LogP contribution in [0.1, 0.15) is 53.0 Å². The number of pyridine rings is 1. The molecule has 1 fully saturated rings. The molecule has 2 aliphatic carbocycles. The number of rotatable bonds is 3. The SMILES string of the molecule is Oc1ccc2c(c1)C1(CN3CCC(O)(c4cccnc4)CC3)CC2c2ccc(Cl)cc21. The van der Waals surface area contributed by atoms with Gasteiger partial charge in [0, 0.05) is 53.9 Å². The van der Waals surface area contributed by atoms with Crippen molar-refractivity contribution in [2.45, 2.75) is 36.2 Å². The van der Waals surface area contributed by atoms with Gasteiger partial charge in [-0.25, -0.2) is 0 Å². The minimum atomic E-state index is -0.812. The summed E-state index contributed by atoms with van der Waals surface area (Å²) < 4.78 is 0. The Hall–Kier alpha value is -2.40. The van der Waals surface area contributed by atoms with Crippen LogP contribution in [-0.2, 0) is 11.0 Å². The number of hydrogen-bond acceptors (Lipinski definition) is 4. The van der Waals surface area contributed by atoms with Crippen molar-refractivity contribution in [3.8, 4) is 5.75 Å². The second kappa shape index (κ2) is 6.80. The summed E-state index contributed by atoms with van der Waals surface area (Å²) in [4.78, 5) is 6.66. The Labute approximate surface area is 187 Å². The maximum absolute atomic E-state index is 11.2. The molecule has 2 unspecified atom stereocenters. The van der Waals surface area contributed by atoms with Crippen LogP contribution in [0, 0.1) is 0 Å². The van der Waals surface area contributed by atoms with E-state index in [1.165, 1.54) is 22.3 Å². The van der Waals surface area contributed by atoms with Crippen molar-refractivity contribution < 1.29 is 10.2 Å². The molecule has 2 N–H and O–H groups in total. The van der Waals surface area contributed by atoms with E-state index in [1.54, 1.807) is 18.5 Å². The number of fused-ring (bicyclic) bond motifs is 8. The van der Waals surface area contributed by atoms with Gasteiger partial charge in [-0.1, -0.05) is 29.8 Å². The molecule has 2 bridgehead atoms. The summed E-state index contributed by atoms with van der Waals surface area (Å²) in [6.07, 6.45) is 5.92. The van der Waals surface area contributed by atoms with E-state index in [9.17, 15) is 10.2 Å². The predicted octanol–water partition coefficient (Wildman–Crippen LogP) is 4.56. The van der Waals surface area contributed by atoms with Crippen molar-refractivity contribution in [3.63, 3.8) is 0 Å². The minimum absolute atomic E-state index is 0.164. The lowest BCUT2D eigenvalue weighted by molar-refractivity contribution is -0.0291. The first kappa shape index (κ1) is 19.3. The smallest absolute Gasteiger partial charge is 0.115 e. The highest BCUT2D eigenvalue weighted by atomic mass is 35.5. The summed E-state index contributed by atoms with van der Waals surface area (Å²) in [5.74, 6) is 0.679. The van der Waals surface area contributed by atoms with E-state index in [0.717, 1.165) is 36.6 Å². The fraction of sp³-hybridized carbons (Fsp3) is 0.346. The summed E-state index contributed by atoms with van der Waals surface area (Å²) >= 11 is 6.43. The van der Waals surface area contributed by atoms with E-state index in [2.05, 4.69) is 28.1 Å². The number of likely N-dealkylation sites (tertiary alicyclic amines) is 1. The quantitative estimate of drug-likeness (QED) is 0.637. The highest BCUT2D eigenvalue weighted by Gasteiger charge is 2.54. The first-order valence-electron chi connectivity index (χ1n) is 11.0. The molecule has 2 atom stereocenters. The molecule has 0 amide bonds. The number of nitrogens with zero attached hydrogens (tertiary/aromatic N) is 2. The zero-order chi connectivity index (χ0) is 21.2. The van der Waals surface area contributed by atoms with Gasteiger partial charge < -0.3 is 15.1 Å². The third-order valence-corrected chi connectivity index (χ3v) is 8.00. The molecule has 2 heterocycles. The van der Waals surface area contributed by atoms with Gasteiger partial charge in [-0.3, -0.25) is 4.98 Å². The van der Waals surface area contributed by atoms with Crippen LogP contribution in [0.5, 0.6) is 5.75 Å². The number of aromatic hydroxyl groups is 1. The van der Waals surface area contributed by atoms with Crippen LogP contribution in [-0.4, -0.2) is 39.7 Å². The monoisotopic (exact) mass is 432 g/mol. The van der Waals surface area contributed by atoms with Gasteiger partial charge in [0.1, 0.15) is 5.75 Å². The second-order valence-electron chi connectivity index (χ2n) is 9.39. The number of halogens is 1. The molecule has 3 aliphatic rings. The van der Waals surface area contributed by atoms with Crippen LogP contribution < -0.4 is 0 Å². The average Bonchev–Trinajstić information content (AvgIpc) is 3.27. The van der Waals surface area contributed by atoms with Crippen molar-refractivity contribution in [1.82, 2.24) is 9.88 Å². The Balaban J connectivity index is 1.33. The molecule has 158 valence electrons. The molecule has 31 heavy (non-hydrogen) atoms. The van der Waals surface area contributed by atoms with Gasteiger partial charge in [-0.2, -0.15) is 0 Å². The molecule has 6 rings (SSSR count). The summed E-state index contributed by atoms with van der Waals surface area (Å²) in [5.41, 5.74) is 5.16. The number of aliphatic hydroxyl groups is 1. The molecule has 0 saturated carbocycles. The molecule has 1 saturated heterocycles. The highest BCUT2D eigenvalue weighted by Crippen LogP contribution is 2.61. The first-order chi connectivity index (χ1) is 15.0. The number of phenols is 1. The summed E-state index contributed by atoms with van der Waals surface area (Å²) in [5, 5.41) is 22.2. The van der Waals surface area contributed by atoms with E-state index in [4.69, 9.17) is 11.6 Å². The van der Waals surface area contributed by atoms with Crippen molar-refractivity contribution in [3.05, 3.63) is 93.8 Å². The normalized spacial score (nSPS) is 25.9. The lowest BCUT2D eigenvalue weighted by Gasteiger charge is -2.42. The molecule has 2 aromatic carbocycles. The maximum atomic E-state index is 11.2. The Kier molecular flexibility index (Phi) is 4.23. The largest absolute Gasteiger partial charge is 0.508 e. The van der Waals surface area contributed by atoms with Crippen molar-refractivity contribution in [2.75, 3.05) is 19.6 Å². The molecule has 3 aromatic rings. The molecule has 4 nitrogen and oxygen atoms in total.